The molecule has 0 amide bonds. The minimum atomic E-state index is -4.22. The first kappa shape index (κ1) is 15.3. The van der Waals surface area contributed by atoms with Crippen LogP contribution in [-0.2, 0) is 17.8 Å². The SMILES string of the molecule is O=C1OCc2cc(CCN3CCNC[C@H]3C(F)(F)F)ccc21. The van der Waals surface area contributed by atoms with Crippen LogP contribution in [0.5, 0.6) is 0 Å². The van der Waals surface area contributed by atoms with Crippen LogP contribution in [0.25, 0.3) is 0 Å². The third kappa shape index (κ3) is 3.10. The minimum absolute atomic E-state index is 0.0595. The van der Waals surface area contributed by atoms with Crippen molar-refractivity contribution < 1.29 is 22.7 Å². The van der Waals surface area contributed by atoms with Gasteiger partial charge in [0.15, 0.2) is 0 Å². The van der Waals surface area contributed by atoms with Crippen LogP contribution in [0, 0.1) is 0 Å². The molecular formula is C15H17F3N2O2. The number of benzene rings is 1. The van der Waals surface area contributed by atoms with Gasteiger partial charge in [0.2, 0.25) is 0 Å². The summed E-state index contributed by atoms with van der Waals surface area (Å²) in [5.41, 5.74) is 2.30. The number of rotatable bonds is 3. The van der Waals surface area contributed by atoms with E-state index in [9.17, 15) is 18.0 Å². The zero-order valence-electron chi connectivity index (χ0n) is 11.9. The number of nitrogens with one attached hydrogen (secondary N) is 1. The number of hydrogen-bond acceptors (Lipinski definition) is 4. The number of carbonyl (C=O) groups excluding carboxylic acids is 1. The van der Waals surface area contributed by atoms with Crippen LogP contribution >= 0.6 is 0 Å². The van der Waals surface area contributed by atoms with Crippen LogP contribution in [0.4, 0.5) is 13.2 Å². The van der Waals surface area contributed by atoms with E-state index in [1.165, 1.54) is 4.90 Å². The lowest BCUT2D eigenvalue weighted by Crippen LogP contribution is -2.58. The molecule has 2 heterocycles. The van der Waals surface area contributed by atoms with E-state index in [0.29, 0.717) is 31.6 Å². The Morgan fingerprint density at radius 2 is 2.18 bits per heavy atom. The molecule has 1 N–H and O–H groups in total. The van der Waals surface area contributed by atoms with Gasteiger partial charge in [0, 0.05) is 31.7 Å². The Balaban J connectivity index is 1.65. The summed E-state index contributed by atoms with van der Waals surface area (Å²) < 4.78 is 43.9. The molecule has 2 aliphatic heterocycles. The van der Waals surface area contributed by atoms with Crippen LogP contribution in [0.15, 0.2) is 18.2 Å². The topological polar surface area (TPSA) is 41.6 Å². The summed E-state index contributed by atoms with van der Waals surface area (Å²) in [4.78, 5) is 12.9. The number of piperazine rings is 1. The molecule has 0 saturated carbocycles. The second-order valence-electron chi connectivity index (χ2n) is 5.62. The van der Waals surface area contributed by atoms with Crippen molar-refractivity contribution in [2.24, 2.45) is 0 Å². The molecule has 0 spiro atoms. The fourth-order valence-electron chi connectivity index (χ4n) is 2.95. The van der Waals surface area contributed by atoms with E-state index in [1.807, 2.05) is 6.07 Å². The number of hydrogen-bond donors (Lipinski definition) is 1. The Kier molecular flexibility index (Phi) is 4.10. The Hall–Kier alpha value is -1.60. The lowest BCUT2D eigenvalue weighted by molar-refractivity contribution is -0.186. The molecular weight excluding hydrogens is 297 g/mol. The molecule has 1 fully saturated rings. The highest BCUT2D eigenvalue weighted by atomic mass is 19.4. The highest BCUT2D eigenvalue weighted by Gasteiger charge is 2.44. The molecule has 1 aromatic rings. The normalized spacial score (nSPS) is 22.5. The molecule has 0 aromatic heterocycles. The minimum Gasteiger partial charge on any atom is -0.457 e. The summed E-state index contributed by atoms with van der Waals surface area (Å²) in [5.74, 6) is -0.333. The van der Waals surface area contributed by atoms with Gasteiger partial charge < -0.3 is 10.1 Å². The summed E-state index contributed by atoms with van der Waals surface area (Å²) in [5, 5.41) is 2.79. The maximum absolute atomic E-state index is 13.0. The van der Waals surface area contributed by atoms with Gasteiger partial charge in [-0.15, -0.1) is 0 Å². The van der Waals surface area contributed by atoms with Crippen molar-refractivity contribution in [2.45, 2.75) is 25.2 Å². The lowest BCUT2D eigenvalue weighted by Gasteiger charge is -2.37. The molecule has 1 aromatic carbocycles. The van der Waals surface area contributed by atoms with Gasteiger partial charge in [-0.3, -0.25) is 4.90 Å². The first-order valence-electron chi connectivity index (χ1n) is 7.25. The highest BCUT2D eigenvalue weighted by molar-refractivity contribution is 5.93. The van der Waals surface area contributed by atoms with Gasteiger partial charge in [0.1, 0.15) is 12.6 Å². The number of esters is 1. The van der Waals surface area contributed by atoms with Crippen LogP contribution in [0.3, 0.4) is 0 Å². The molecule has 3 rings (SSSR count). The van der Waals surface area contributed by atoms with Gasteiger partial charge in [0.05, 0.1) is 5.56 Å². The molecule has 0 aliphatic carbocycles. The molecule has 0 unspecified atom stereocenters. The maximum Gasteiger partial charge on any atom is 0.405 e. The number of halogens is 3. The fraction of sp³-hybridized carbons (Fsp3) is 0.533. The average Bonchev–Trinajstić information content (AvgIpc) is 2.85. The number of fused-ring (bicyclic) bond motifs is 1. The van der Waals surface area contributed by atoms with Crippen LogP contribution in [-0.4, -0.2) is 49.3 Å². The van der Waals surface area contributed by atoms with Gasteiger partial charge in [-0.25, -0.2) is 4.79 Å². The molecule has 0 bridgehead atoms. The van der Waals surface area contributed by atoms with E-state index in [1.54, 1.807) is 12.1 Å². The molecule has 1 saturated heterocycles. The van der Waals surface area contributed by atoms with E-state index >= 15 is 0 Å². The van der Waals surface area contributed by atoms with Crippen molar-refractivity contribution in [2.75, 3.05) is 26.2 Å². The van der Waals surface area contributed by atoms with Crippen molar-refractivity contribution in [1.29, 1.82) is 0 Å². The molecule has 22 heavy (non-hydrogen) atoms. The van der Waals surface area contributed by atoms with Gasteiger partial charge in [-0.1, -0.05) is 12.1 Å². The zero-order chi connectivity index (χ0) is 15.7. The molecule has 4 nitrogen and oxygen atoms in total. The molecule has 1 atom stereocenters. The lowest BCUT2D eigenvalue weighted by atomic mass is 10.0. The average molecular weight is 314 g/mol. The van der Waals surface area contributed by atoms with Gasteiger partial charge in [-0.2, -0.15) is 13.2 Å². The van der Waals surface area contributed by atoms with Crippen molar-refractivity contribution in [3.05, 3.63) is 34.9 Å². The third-order valence-corrected chi connectivity index (χ3v) is 4.17. The standard InChI is InChI=1S/C15H17F3N2O2/c16-15(17,18)13-8-19-4-6-20(13)5-3-10-1-2-12-11(7-10)9-22-14(12)21/h1-2,7,13,19H,3-6,8-9H2/t13-/m0/s1. The first-order chi connectivity index (χ1) is 10.4. The van der Waals surface area contributed by atoms with E-state index in [-0.39, 0.29) is 19.1 Å². The maximum atomic E-state index is 13.0. The number of ether oxygens (including phenoxy) is 1. The number of carbonyl (C=O) groups is 1. The summed E-state index contributed by atoms with van der Waals surface area (Å²) in [7, 11) is 0. The Labute approximate surface area is 126 Å². The van der Waals surface area contributed by atoms with E-state index in [4.69, 9.17) is 4.74 Å². The van der Waals surface area contributed by atoms with Crippen molar-refractivity contribution >= 4 is 5.97 Å². The summed E-state index contributed by atoms with van der Waals surface area (Å²) in [6.45, 7) is 1.49. The second-order valence-corrected chi connectivity index (χ2v) is 5.62. The first-order valence-corrected chi connectivity index (χ1v) is 7.25. The molecule has 2 aliphatic rings. The van der Waals surface area contributed by atoms with Gasteiger partial charge >= 0.3 is 12.1 Å². The van der Waals surface area contributed by atoms with Crippen molar-refractivity contribution in [3.63, 3.8) is 0 Å². The van der Waals surface area contributed by atoms with Gasteiger partial charge in [-0.05, 0) is 18.1 Å². The van der Waals surface area contributed by atoms with Crippen LogP contribution in [0.1, 0.15) is 21.5 Å². The largest absolute Gasteiger partial charge is 0.457 e. The summed E-state index contributed by atoms with van der Waals surface area (Å²) in [6, 6.07) is 3.90. The van der Waals surface area contributed by atoms with Crippen molar-refractivity contribution in [3.8, 4) is 0 Å². The highest BCUT2D eigenvalue weighted by Crippen LogP contribution is 2.26. The fourth-order valence-corrected chi connectivity index (χ4v) is 2.95. The Bertz CT molecular complexity index is 574. The molecule has 120 valence electrons. The van der Waals surface area contributed by atoms with E-state index < -0.39 is 12.2 Å². The second kappa shape index (κ2) is 5.89. The Morgan fingerprint density at radius 1 is 1.36 bits per heavy atom. The van der Waals surface area contributed by atoms with Crippen LogP contribution < -0.4 is 5.32 Å². The third-order valence-electron chi connectivity index (χ3n) is 4.17. The zero-order valence-corrected chi connectivity index (χ0v) is 11.9. The van der Waals surface area contributed by atoms with Crippen molar-refractivity contribution in [1.82, 2.24) is 10.2 Å². The van der Waals surface area contributed by atoms with Crippen LogP contribution in [0.2, 0.25) is 0 Å². The van der Waals surface area contributed by atoms with Gasteiger partial charge in [0.25, 0.3) is 0 Å². The summed E-state index contributed by atoms with van der Waals surface area (Å²) in [6.07, 6.45) is -3.69. The monoisotopic (exact) mass is 314 g/mol. The predicted molar refractivity (Wildman–Crippen MR) is 73.6 cm³/mol. The Morgan fingerprint density at radius 3 is 2.95 bits per heavy atom. The predicted octanol–water partition coefficient (Wildman–Crippen LogP) is 1.74. The summed E-state index contributed by atoms with van der Waals surface area (Å²) >= 11 is 0. The quantitative estimate of drug-likeness (QED) is 0.863. The smallest absolute Gasteiger partial charge is 0.405 e. The van der Waals surface area contributed by atoms with E-state index in [2.05, 4.69) is 5.32 Å². The molecule has 0 radical (unpaired) electrons. The van der Waals surface area contributed by atoms with E-state index in [0.717, 1.165) is 11.1 Å². The number of nitrogens with zero attached hydrogens (tertiary/aromatic N) is 1. The number of cyclic esters (lactones) is 1. The molecule has 7 heteroatoms. The number of alkyl halides is 3.